The van der Waals surface area contributed by atoms with Crippen LogP contribution in [0, 0.1) is 0 Å². The first-order valence-corrected chi connectivity index (χ1v) is 10.9. The van der Waals surface area contributed by atoms with Gasteiger partial charge >= 0.3 is 5.97 Å². The SMILES string of the molecule is CCCOc1ccc(-c2ccc(C(=O)NCC(=O)c3ccc(C(=O)OCC)cc3)cc2)cc1. The van der Waals surface area contributed by atoms with Gasteiger partial charge in [0.05, 0.1) is 25.3 Å². The lowest BCUT2D eigenvalue weighted by Gasteiger charge is -2.08. The number of carbonyl (C=O) groups excluding carboxylic acids is 3. The van der Waals surface area contributed by atoms with Crippen molar-refractivity contribution in [2.75, 3.05) is 19.8 Å². The molecule has 0 aliphatic heterocycles. The van der Waals surface area contributed by atoms with Crippen LogP contribution in [0.2, 0.25) is 0 Å². The van der Waals surface area contributed by atoms with Gasteiger partial charge in [0.1, 0.15) is 5.75 Å². The Balaban J connectivity index is 1.55. The van der Waals surface area contributed by atoms with Crippen LogP contribution in [0.15, 0.2) is 72.8 Å². The maximum absolute atomic E-state index is 12.4. The van der Waals surface area contributed by atoms with Gasteiger partial charge in [0, 0.05) is 11.1 Å². The van der Waals surface area contributed by atoms with Crippen molar-refractivity contribution in [1.29, 1.82) is 0 Å². The van der Waals surface area contributed by atoms with Crippen LogP contribution in [0.5, 0.6) is 5.75 Å². The average molecular weight is 446 g/mol. The highest BCUT2D eigenvalue weighted by molar-refractivity contribution is 6.02. The smallest absolute Gasteiger partial charge is 0.338 e. The molecule has 6 heteroatoms. The molecule has 0 bridgehead atoms. The maximum atomic E-state index is 12.4. The van der Waals surface area contributed by atoms with Crippen LogP contribution in [0.4, 0.5) is 0 Å². The summed E-state index contributed by atoms with van der Waals surface area (Å²) in [5.74, 6) is -0.187. The summed E-state index contributed by atoms with van der Waals surface area (Å²) in [6.07, 6.45) is 0.957. The molecule has 0 atom stereocenters. The predicted octanol–water partition coefficient (Wildman–Crippen LogP) is 4.93. The van der Waals surface area contributed by atoms with Gasteiger partial charge in [-0.15, -0.1) is 0 Å². The van der Waals surface area contributed by atoms with E-state index in [1.54, 1.807) is 31.2 Å². The number of hydrogen-bond donors (Lipinski definition) is 1. The van der Waals surface area contributed by atoms with Gasteiger partial charge in [0.15, 0.2) is 5.78 Å². The largest absolute Gasteiger partial charge is 0.494 e. The molecule has 0 aliphatic carbocycles. The zero-order valence-electron chi connectivity index (χ0n) is 18.8. The van der Waals surface area contributed by atoms with Crippen molar-refractivity contribution in [3.05, 3.63) is 89.5 Å². The number of ether oxygens (including phenoxy) is 2. The molecule has 1 amide bonds. The Morgan fingerprint density at radius 2 is 1.27 bits per heavy atom. The van der Waals surface area contributed by atoms with Gasteiger partial charge in [-0.2, -0.15) is 0 Å². The van der Waals surface area contributed by atoms with E-state index in [0.29, 0.717) is 23.3 Å². The molecule has 1 N–H and O–H groups in total. The van der Waals surface area contributed by atoms with Crippen LogP contribution >= 0.6 is 0 Å². The predicted molar refractivity (Wildman–Crippen MR) is 127 cm³/mol. The molecule has 0 unspecified atom stereocenters. The lowest BCUT2D eigenvalue weighted by molar-refractivity contribution is 0.0526. The standard InChI is InChI=1S/C27H27NO5/c1-3-17-33-24-15-13-20(14-16-24)19-5-9-22(10-6-19)26(30)28-18-25(29)21-7-11-23(12-8-21)27(31)32-4-2/h5-16H,3-4,17-18H2,1-2H3,(H,28,30). The molecule has 0 fully saturated rings. The minimum atomic E-state index is -0.436. The number of esters is 1. The molecule has 0 aliphatic rings. The highest BCUT2D eigenvalue weighted by Crippen LogP contribution is 2.23. The monoisotopic (exact) mass is 445 g/mol. The number of benzene rings is 3. The molecule has 0 heterocycles. The molecule has 0 aromatic heterocycles. The number of Topliss-reactive ketones (excluding diaryl/α,β-unsaturated/α-hetero) is 1. The van der Waals surface area contributed by atoms with Crippen molar-refractivity contribution in [2.45, 2.75) is 20.3 Å². The van der Waals surface area contributed by atoms with E-state index in [1.165, 1.54) is 12.1 Å². The summed E-state index contributed by atoms with van der Waals surface area (Å²) in [5, 5.41) is 2.64. The van der Waals surface area contributed by atoms with Crippen LogP contribution in [0.1, 0.15) is 51.3 Å². The first-order chi connectivity index (χ1) is 16.0. The highest BCUT2D eigenvalue weighted by Gasteiger charge is 2.12. The molecule has 0 saturated carbocycles. The molecule has 0 saturated heterocycles. The lowest BCUT2D eigenvalue weighted by atomic mass is 10.0. The Hall–Kier alpha value is -3.93. The van der Waals surface area contributed by atoms with Gasteiger partial charge in [-0.25, -0.2) is 4.79 Å². The number of rotatable bonds is 10. The van der Waals surface area contributed by atoms with E-state index in [4.69, 9.17) is 9.47 Å². The van der Waals surface area contributed by atoms with Gasteiger partial charge in [-0.1, -0.05) is 43.3 Å². The van der Waals surface area contributed by atoms with Crippen molar-refractivity contribution in [3.8, 4) is 16.9 Å². The first kappa shape index (κ1) is 23.7. The molecule has 6 nitrogen and oxygen atoms in total. The van der Waals surface area contributed by atoms with Crippen molar-refractivity contribution >= 4 is 17.7 Å². The molecule has 3 rings (SSSR count). The molecule has 3 aromatic carbocycles. The van der Waals surface area contributed by atoms with Crippen LogP contribution < -0.4 is 10.1 Å². The Labute approximate surface area is 193 Å². The third kappa shape index (κ3) is 6.53. The van der Waals surface area contributed by atoms with E-state index >= 15 is 0 Å². The third-order valence-electron chi connectivity index (χ3n) is 4.94. The fourth-order valence-corrected chi connectivity index (χ4v) is 3.15. The third-order valence-corrected chi connectivity index (χ3v) is 4.94. The Bertz CT molecular complexity index is 1090. The number of carbonyl (C=O) groups is 3. The van der Waals surface area contributed by atoms with Gasteiger partial charge in [0.25, 0.3) is 5.91 Å². The quantitative estimate of drug-likeness (QED) is 0.353. The number of amides is 1. The average Bonchev–Trinajstić information content (AvgIpc) is 2.86. The minimum absolute atomic E-state index is 0.140. The number of ketones is 1. The lowest BCUT2D eigenvalue weighted by Crippen LogP contribution is -2.29. The molecule has 170 valence electrons. The zero-order valence-corrected chi connectivity index (χ0v) is 18.8. The second kappa shape index (κ2) is 11.6. The fraction of sp³-hybridized carbons (Fsp3) is 0.222. The van der Waals surface area contributed by atoms with Crippen LogP contribution in [0.25, 0.3) is 11.1 Å². The van der Waals surface area contributed by atoms with E-state index in [-0.39, 0.29) is 24.8 Å². The highest BCUT2D eigenvalue weighted by atomic mass is 16.5. The van der Waals surface area contributed by atoms with Crippen molar-refractivity contribution < 1.29 is 23.9 Å². The van der Waals surface area contributed by atoms with Crippen molar-refractivity contribution in [2.24, 2.45) is 0 Å². The topological polar surface area (TPSA) is 81.7 Å². The Morgan fingerprint density at radius 3 is 1.85 bits per heavy atom. The summed E-state index contributed by atoms with van der Waals surface area (Å²) in [6.45, 7) is 4.62. The van der Waals surface area contributed by atoms with Crippen LogP contribution in [-0.4, -0.2) is 37.4 Å². The first-order valence-electron chi connectivity index (χ1n) is 10.9. The van der Waals surface area contributed by atoms with Gasteiger partial charge in [-0.3, -0.25) is 9.59 Å². The summed E-state index contributed by atoms with van der Waals surface area (Å²) >= 11 is 0. The second-order valence-corrected chi connectivity index (χ2v) is 7.35. The molecule has 0 radical (unpaired) electrons. The molecule has 33 heavy (non-hydrogen) atoms. The van der Waals surface area contributed by atoms with Crippen molar-refractivity contribution in [1.82, 2.24) is 5.32 Å². The summed E-state index contributed by atoms with van der Waals surface area (Å²) in [4.78, 5) is 36.5. The Morgan fingerprint density at radius 1 is 0.727 bits per heavy atom. The molecular weight excluding hydrogens is 418 g/mol. The van der Waals surface area contributed by atoms with Gasteiger partial charge in [0.2, 0.25) is 0 Å². The van der Waals surface area contributed by atoms with E-state index in [9.17, 15) is 14.4 Å². The van der Waals surface area contributed by atoms with Crippen LogP contribution in [0.3, 0.4) is 0 Å². The fourth-order valence-electron chi connectivity index (χ4n) is 3.15. The second-order valence-electron chi connectivity index (χ2n) is 7.35. The summed E-state index contributed by atoms with van der Waals surface area (Å²) in [7, 11) is 0. The van der Waals surface area contributed by atoms with Crippen LogP contribution in [-0.2, 0) is 4.74 Å². The molecule has 0 spiro atoms. The van der Waals surface area contributed by atoms with E-state index in [2.05, 4.69) is 12.2 Å². The maximum Gasteiger partial charge on any atom is 0.338 e. The number of hydrogen-bond acceptors (Lipinski definition) is 5. The van der Waals surface area contributed by atoms with Crippen molar-refractivity contribution in [3.63, 3.8) is 0 Å². The normalized spacial score (nSPS) is 10.4. The molecule has 3 aromatic rings. The van der Waals surface area contributed by atoms with E-state index in [0.717, 1.165) is 23.3 Å². The zero-order chi connectivity index (χ0) is 23.6. The summed E-state index contributed by atoms with van der Waals surface area (Å²) in [5.41, 5.74) is 3.25. The Kier molecular flexibility index (Phi) is 8.36. The summed E-state index contributed by atoms with van der Waals surface area (Å²) < 4.78 is 10.5. The van der Waals surface area contributed by atoms with E-state index < -0.39 is 5.97 Å². The minimum Gasteiger partial charge on any atom is -0.494 e. The molecular formula is C27H27NO5. The van der Waals surface area contributed by atoms with E-state index in [1.807, 2.05) is 36.4 Å². The summed E-state index contributed by atoms with van der Waals surface area (Å²) in [6, 6.07) is 21.2. The van der Waals surface area contributed by atoms with Gasteiger partial charge in [-0.05, 0) is 60.9 Å². The number of nitrogens with one attached hydrogen (secondary N) is 1. The van der Waals surface area contributed by atoms with Gasteiger partial charge < -0.3 is 14.8 Å².